The van der Waals surface area contributed by atoms with Gasteiger partial charge in [0.1, 0.15) is 0 Å². The highest BCUT2D eigenvalue weighted by molar-refractivity contribution is 5.21. The predicted molar refractivity (Wildman–Crippen MR) is 78.1 cm³/mol. The van der Waals surface area contributed by atoms with E-state index >= 15 is 0 Å². The molecule has 1 rings (SSSR count). The third-order valence-electron chi connectivity index (χ3n) is 3.11. The smallest absolute Gasteiger partial charge is 0.0619 e. The molecule has 18 heavy (non-hydrogen) atoms. The van der Waals surface area contributed by atoms with E-state index in [1.54, 1.807) is 0 Å². The van der Waals surface area contributed by atoms with Crippen LogP contribution < -0.4 is 5.32 Å². The molecular formula is C16H27NO. The van der Waals surface area contributed by atoms with Crippen LogP contribution >= 0.6 is 0 Å². The van der Waals surface area contributed by atoms with Crippen molar-refractivity contribution in [1.82, 2.24) is 5.32 Å². The van der Waals surface area contributed by atoms with Gasteiger partial charge in [-0.25, -0.2) is 0 Å². The molecule has 0 spiro atoms. The van der Waals surface area contributed by atoms with Crippen LogP contribution in [0, 0.1) is 6.92 Å². The van der Waals surface area contributed by atoms with E-state index in [1.165, 1.54) is 17.5 Å². The second-order valence-corrected chi connectivity index (χ2v) is 4.83. The van der Waals surface area contributed by atoms with Crippen LogP contribution in [-0.2, 0) is 11.2 Å². The maximum absolute atomic E-state index is 5.54. The lowest BCUT2D eigenvalue weighted by molar-refractivity contribution is 0.120. The molecule has 0 fully saturated rings. The van der Waals surface area contributed by atoms with Gasteiger partial charge in [0.15, 0.2) is 0 Å². The molecule has 1 aromatic rings. The van der Waals surface area contributed by atoms with Crippen molar-refractivity contribution in [1.29, 1.82) is 0 Å². The highest BCUT2D eigenvalue weighted by Crippen LogP contribution is 2.08. The quantitative estimate of drug-likeness (QED) is 0.725. The number of hydrogen-bond donors (Lipinski definition) is 1. The molecule has 0 aliphatic rings. The topological polar surface area (TPSA) is 21.3 Å². The van der Waals surface area contributed by atoms with Gasteiger partial charge in [-0.3, -0.25) is 0 Å². The molecule has 0 bridgehead atoms. The van der Waals surface area contributed by atoms with Gasteiger partial charge in [-0.2, -0.15) is 0 Å². The molecule has 0 saturated carbocycles. The van der Waals surface area contributed by atoms with Crippen LogP contribution in [0.1, 0.15) is 37.8 Å². The summed E-state index contributed by atoms with van der Waals surface area (Å²) in [5.74, 6) is 0. The Hall–Kier alpha value is -0.860. The largest absolute Gasteiger partial charge is 0.380 e. The van der Waals surface area contributed by atoms with Gasteiger partial charge in [0.05, 0.1) is 6.61 Å². The molecule has 2 nitrogen and oxygen atoms in total. The first-order valence-electron chi connectivity index (χ1n) is 7.13. The number of benzene rings is 1. The summed E-state index contributed by atoms with van der Waals surface area (Å²) in [6.07, 6.45) is 3.44. The number of nitrogens with one attached hydrogen (secondary N) is 1. The van der Waals surface area contributed by atoms with Gasteiger partial charge in [-0.1, -0.05) is 36.8 Å². The Balaban J connectivity index is 2.37. The maximum atomic E-state index is 5.54. The average Bonchev–Trinajstić information content (AvgIpc) is 2.40. The molecule has 1 aromatic carbocycles. The van der Waals surface area contributed by atoms with Gasteiger partial charge >= 0.3 is 0 Å². The minimum atomic E-state index is 0.478. The van der Waals surface area contributed by atoms with Gasteiger partial charge < -0.3 is 10.1 Å². The van der Waals surface area contributed by atoms with E-state index in [9.17, 15) is 0 Å². The Bertz CT molecular complexity index is 299. The molecule has 0 amide bonds. The number of ether oxygens (including phenoxy) is 1. The van der Waals surface area contributed by atoms with Crippen LogP contribution in [0.15, 0.2) is 24.3 Å². The fraction of sp³-hybridized carbons (Fsp3) is 0.625. The minimum absolute atomic E-state index is 0.478. The van der Waals surface area contributed by atoms with Crippen molar-refractivity contribution < 1.29 is 4.74 Å². The third-order valence-corrected chi connectivity index (χ3v) is 3.11. The summed E-state index contributed by atoms with van der Waals surface area (Å²) in [4.78, 5) is 0. The van der Waals surface area contributed by atoms with Crippen LogP contribution in [0.25, 0.3) is 0 Å². The van der Waals surface area contributed by atoms with E-state index in [4.69, 9.17) is 4.74 Å². The van der Waals surface area contributed by atoms with Crippen LogP contribution in [0.5, 0.6) is 0 Å². The van der Waals surface area contributed by atoms with Crippen molar-refractivity contribution >= 4 is 0 Å². The summed E-state index contributed by atoms with van der Waals surface area (Å²) in [6.45, 7) is 9.08. The zero-order valence-electron chi connectivity index (χ0n) is 12.0. The second-order valence-electron chi connectivity index (χ2n) is 4.83. The Morgan fingerprint density at radius 3 is 2.50 bits per heavy atom. The Morgan fingerprint density at radius 1 is 1.17 bits per heavy atom. The lowest BCUT2D eigenvalue weighted by Crippen LogP contribution is -2.34. The lowest BCUT2D eigenvalue weighted by Gasteiger charge is -2.18. The molecule has 0 saturated heterocycles. The maximum Gasteiger partial charge on any atom is 0.0619 e. The molecule has 1 N–H and O–H groups in total. The minimum Gasteiger partial charge on any atom is -0.380 e. The summed E-state index contributed by atoms with van der Waals surface area (Å²) in [5, 5.41) is 3.56. The molecule has 1 unspecified atom stereocenters. The number of aryl methyl sites for hydroxylation is 2. The van der Waals surface area contributed by atoms with E-state index in [0.717, 1.165) is 32.6 Å². The molecule has 0 radical (unpaired) electrons. The third kappa shape index (κ3) is 6.18. The zero-order valence-corrected chi connectivity index (χ0v) is 12.0. The summed E-state index contributed by atoms with van der Waals surface area (Å²) in [6, 6.07) is 9.31. The number of rotatable bonds is 9. The van der Waals surface area contributed by atoms with Crippen molar-refractivity contribution in [2.24, 2.45) is 0 Å². The van der Waals surface area contributed by atoms with Crippen LogP contribution in [0.4, 0.5) is 0 Å². The lowest BCUT2D eigenvalue weighted by atomic mass is 10.0. The highest BCUT2D eigenvalue weighted by atomic mass is 16.5. The van der Waals surface area contributed by atoms with Crippen molar-refractivity contribution in [3.05, 3.63) is 35.4 Å². The molecular weight excluding hydrogens is 222 g/mol. The normalized spacial score (nSPS) is 12.6. The molecule has 0 aromatic heterocycles. The first-order chi connectivity index (χ1) is 8.76. The first kappa shape index (κ1) is 15.2. The molecule has 0 aliphatic carbocycles. The Morgan fingerprint density at radius 2 is 1.89 bits per heavy atom. The summed E-state index contributed by atoms with van der Waals surface area (Å²) in [5.41, 5.74) is 2.74. The zero-order chi connectivity index (χ0) is 13.2. The van der Waals surface area contributed by atoms with Crippen molar-refractivity contribution in [3.8, 4) is 0 Å². The van der Waals surface area contributed by atoms with E-state index in [-0.39, 0.29) is 0 Å². The van der Waals surface area contributed by atoms with Crippen molar-refractivity contribution in [3.63, 3.8) is 0 Å². The monoisotopic (exact) mass is 249 g/mol. The van der Waals surface area contributed by atoms with Gasteiger partial charge in [-0.15, -0.1) is 0 Å². The van der Waals surface area contributed by atoms with Crippen molar-refractivity contribution in [2.45, 2.75) is 46.1 Å². The van der Waals surface area contributed by atoms with E-state index in [1.807, 2.05) is 0 Å². The fourth-order valence-corrected chi connectivity index (χ4v) is 1.95. The Labute approximate surface area is 112 Å². The molecule has 102 valence electrons. The summed E-state index contributed by atoms with van der Waals surface area (Å²) < 4.78 is 5.54. The van der Waals surface area contributed by atoms with Gasteiger partial charge in [0, 0.05) is 12.6 Å². The first-order valence-corrected chi connectivity index (χ1v) is 7.13. The SMILES string of the molecule is CCCNC(CCc1ccc(C)cc1)COCC. The average molecular weight is 249 g/mol. The van der Waals surface area contributed by atoms with Gasteiger partial charge in [-0.05, 0) is 45.2 Å². The number of hydrogen-bond acceptors (Lipinski definition) is 2. The van der Waals surface area contributed by atoms with Crippen molar-refractivity contribution in [2.75, 3.05) is 19.8 Å². The highest BCUT2D eigenvalue weighted by Gasteiger charge is 2.07. The predicted octanol–water partition coefficient (Wildman–Crippen LogP) is 3.33. The molecule has 0 aliphatic heterocycles. The van der Waals surface area contributed by atoms with Crippen LogP contribution in [-0.4, -0.2) is 25.8 Å². The van der Waals surface area contributed by atoms with Gasteiger partial charge in [0.2, 0.25) is 0 Å². The van der Waals surface area contributed by atoms with Crippen LogP contribution in [0.2, 0.25) is 0 Å². The Kier molecular flexibility index (Phi) is 7.70. The fourth-order valence-electron chi connectivity index (χ4n) is 1.95. The van der Waals surface area contributed by atoms with E-state index < -0.39 is 0 Å². The molecule has 0 heterocycles. The van der Waals surface area contributed by atoms with E-state index in [2.05, 4.69) is 50.4 Å². The summed E-state index contributed by atoms with van der Waals surface area (Å²) in [7, 11) is 0. The van der Waals surface area contributed by atoms with Gasteiger partial charge in [0.25, 0.3) is 0 Å². The molecule has 2 heteroatoms. The summed E-state index contributed by atoms with van der Waals surface area (Å²) >= 11 is 0. The van der Waals surface area contributed by atoms with Crippen LogP contribution in [0.3, 0.4) is 0 Å². The standard InChI is InChI=1S/C16H27NO/c1-4-12-17-16(13-18-5-2)11-10-15-8-6-14(3)7-9-15/h6-9,16-17H,4-5,10-13H2,1-3H3. The van der Waals surface area contributed by atoms with E-state index in [0.29, 0.717) is 6.04 Å². The molecule has 1 atom stereocenters. The second kappa shape index (κ2) is 9.12.